The van der Waals surface area contributed by atoms with E-state index in [1.807, 2.05) is 6.92 Å². The third kappa shape index (κ3) is 3.61. The third-order valence-electron chi connectivity index (χ3n) is 5.05. The molecule has 1 fully saturated rings. The number of hydrogen-bond acceptors (Lipinski definition) is 4. The Hall–Kier alpha value is -3.81. The van der Waals surface area contributed by atoms with Crippen LogP contribution in [-0.4, -0.2) is 16.8 Å². The van der Waals surface area contributed by atoms with Gasteiger partial charge in [0.1, 0.15) is 17.6 Å². The zero-order valence-electron chi connectivity index (χ0n) is 16.2. The molecule has 2 heterocycles. The van der Waals surface area contributed by atoms with Crippen LogP contribution in [0, 0.1) is 6.92 Å². The number of carbonyl (C=O) groups excluding carboxylic acids is 2. The Labute approximate surface area is 175 Å². The SMILES string of the molecule is Cc1ccc(/C(O)=C2/C(=O)C(=O)N(c3ccc(C(F)(F)F)cc3)C2c2ccco2)cc1. The number of carbonyl (C=O) groups is 2. The molecule has 1 N–H and O–H groups in total. The van der Waals surface area contributed by atoms with Crippen LogP contribution < -0.4 is 4.90 Å². The zero-order chi connectivity index (χ0) is 22.3. The molecule has 2 aromatic carbocycles. The maximum Gasteiger partial charge on any atom is 0.416 e. The number of aliphatic hydroxyl groups is 1. The van der Waals surface area contributed by atoms with Gasteiger partial charge in [-0.1, -0.05) is 29.8 Å². The lowest BCUT2D eigenvalue weighted by molar-refractivity contribution is -0.137. The standard InChI is InChI=1S/C23H16F3NO4/c1-13-4-6-14(7-5-13)20(28)18-19(17-3-2-12-31-17)27(22(30)21(18)29)16-10-8-15(9-11-16)23(24,25)26/h2-12,19,28H,1H3/b20-18-. The summed E-state index contributed by atoms with van der Waals surface area (Å²) in [5.74, 6) is -2.14. The van der Waals surface area contributed by atoms with Crippen molar-refractivity contribution in [3.63, 3.8) is 0 Å². The monoisotopic (exact) mass is 427 g/mol. The number of amides is 1. The highest BCUT2D eigenvalue weighted by molar-refractivity contribution is 6.51. The highest BCUT2D eigenvalue weighted by atomic mass is 19.4. The van der Waals surface area contributed by atoms with E-state index in [1.54, 1.807) is 30.3 Å². The molecular weight excluding hydrogens is 411 g/mol. The van der Waals surface area contributed by atoms with Crippen LogP contribution in [0.25, 0.3) is 5.76 Å². The van der Waals surface area contributed by atoms with Crippen LogP contribution in [0.15, 0.2) is 76.9 Å². The van der Waals surface area contributed by atoms with Gasteiger partial charge in [0, 0.05) is 11.3 Å². The van der Waals surface area contributed by atoms with E-state index >= 15 is 0 Å². The second kappa shape index (κ2) is 7.46. The van der Waals surface area contributed by atoms with Crippen molar-refractivity contribution < 1.29 is 32.3 Å². The van der Waals surface area contributed by atoms with Gasteiger partial charge in [0.15, 0.2) is 0 Å². The molecule has 1 aromatic heterocycles. The molecule has 0 saturated carbocycles. The molecule has 1 aliphatic rings. The van der Waals surface area contributed by atoms with E-state index in [9.17, 15) is 27.9 Å². The summed E-state index contributed by atoms with van der Waals surface area (Å²) >= 11 is 0. The first kappa shape index (κ1) is 20.5. The Kier molecular flexibility index (Phi) is 4.93. The lowest BCUT2D eigenvalue weighted by Gasteiger charge is -2.23. The Morgan fingerprint density at radius 3 is 2.19 bits per heavy atom. The highest BCUT2D eigenvalue weighted by Gasteiger charge is 2.48. The molecule has 0 aliphatic carbocycles. The Morgan fingerprint density at radius 1 is 1.00 bits per heavy atom. The fourth-order valence-corrected chi connectivity index (χ4v) is 3.49. The average molecular weight is 427 g/mol. The second-order valence-electron chi connectivity index (χ2n) is 7.10. The molecule has 1 aliphatic heterocycles. The van der Waals surface area contributed by atoms with Crippen molar-refractivity contribution in [3.05, 3.63) is 95.0 Å². The number of alkyl halides is 3. The topological polar surface area (TPSA) is 70.8 Å². The normalized spacial score (nSPS) is 18.6. The van der Waals surface area contributed by atoms with Gasteiger partial charge in [-0.2, -0.15) is 13.2 Å². The number of aryl methyl sites for hydroxylation is 1. The lowest BCUT2D eigenvalue weighted by atomic mass is 9.98. The van der Waals surface area contributed by atoms with Crippen molar-refractivity contribution in [3.8, 4) is 0 Å². The van der Waals surface area contributed by atoms with E-state index in [2.05, 4.69) is 0 Å². The molecule has 31 heavy (non-hydrogen) atoms. The molecule has 158 valence electrons. The minimum absolute atomic E-state index is 0.0689. The quantitative estimate of drug-likeness (QED) is 0.353. The van der Waals surface area contributed by atoms with Crippen molar-refractivity contribution in [2.24, 2.45) is 0 Å². The van der Waals surface area contributed by atoms with E-state index in [0.717, 1.165) is 34.7 Å². The number of aliphatic hydroxyl groups excluding tert-OH is 1. The number of hydrogen-bond donors (Lipinski definition) is 1. The van der Waals surface area contributed by atoms with Crippen molar-refractivity contribution in [2.75, 3.05) is 4.90 Å². The number of benzene rings is 2. The predicted molar refractivity (Wildman–Crippen MR) is 106 cm³/mol. The van der Waals surface area contributed by atoms with E-state index in [0.29, 0.717) is 5.56 Å². The van der Waals surface area contributed by atoms with E-state index in [-0.39, 0.29) is 17.0 Å². The average Bonchev–Trinajstić information content (AvgIpc) is 3.35. The summed E-state index contributed by atoms with van der Waals surface area (Å²) in [6, 6.07) is 12.5. The molecule has 5 nitrogen and oxygen atoms in total. The third-order valence-corrected chi connectivity index (χ3v) is 5.05. The predicted octanol–water partition coefficient (Wildman–Crippen LogP) is 5.23. The lowest BCUT2D eigenvalue weighted by Crippen LogP contribution is -2.29. The minimum atomic E-state index is -4.54. The van der Waals surface area contributed by atoms with Gasteiger partial charge in [0.2, 0.25) is 0 Å². The summed E-state index contributed by atoms with van der Waals surface area (Å²) in [7, 11) is 0. The van der Waals surface area contributed by atoms with Gasteiger partial charge in [-0.3, -0.25) is 14.5 Å². The molecule has 8 heteroatoms. The molecule has 1 atom stereocenters. The minimum Gasteiger partial charge on any atom is -0.507 e. The highest BCUT2D eigenvalue weighted by Crippen LogP contribution is 2.42. The summed E-state index contributed by atoms with van der Waals surface area (Å²) in [6.45, 7) is 1.86. The summed E-state index contributed by atoms with van der Waals surface area (Å²) < 4.78 is 44.2. The van der Waals surface area contributed by atoms with E-state index < -0.39 is 35.2 Å². The number of nitrogens with zero attached hydrogens (tertiary/aromatic N) is 1. The second-order valence-corrected chi connectivity index (χ2v) is 7.10. The number of ketones is 1. The smallest absolute Gasteiger partial charge is 0.416 e. The van der Waals surface area contributed by atoms with E-state index in [4.69, 9.17) is 4.42 Å². The van der Waals surface area contributed by atoms with Crippen LogP contribution in [0.4, 0.5) is 18.9 Å². The van der Waals surface area contributed by atoms with Crippen LogP contribution in [0.5, 0.6) is 0 Å². The molecule has 0 bridgehead atoms. The van der Waals surface area contributed by atoms with Crippen LogP contribution in [0.1, 0.15) is 28.5 Å². The van der Waals surface area contributed by atoms with Crippen LogP contribution in [0.2, 0.25) is 0 Å². The number of anilines is 1. The molecule has 0 radical (unpaired) electrons. The fraction of sp³-hybridized carbons (Fsp3) is 0.130. The first-order chi connectivity index (χ1) is 14.7. The Morgan fingerprint density at radius 2 is 1.65 bits per heavy atom. The summed E-state index contributed by atoms with van der Waals surface area (Å²) in [6.07, 6.45) is -3.20. The summed E-state index contributed by atoms with van der Waals surface area (Å²) in [5.41, 5.74) is 0.238. The van der Waals surface area contributed by atoms with Gasteiger partial charge in [0.05, 0.1) is 17.4 Å². The number of rotatable bonds is 3. The first-order valence-corrected chi connectivity index (χ1v) is 9.27. The fourth-order valence-electron chi connectivity index (χ4n) is 3.49. The maximum absolute atomic E-state index is 12.9. The molecule has 4 rings (SSSR count). The number of Topliss-reactive ketones (excluding diaryl/α,β-unsaturated/α-hetero) is 1. The van der Waals surface area contributed by atoms with E-state index in [1.165, 1.54) is 12.3 Å². The maximum atomic E-state index is 12.9. The number of halogens is 3. The van der Waals surface area contributed by atoms with Crippen molar-refractivity contribution >= 4 is 23.1 Å². The van der Waals surface area contributed by atoms with Crippen LogP contribution in [-0.2, 0) is 15.8 Å². The van der Waals surface area contributed by atoms with Crippen molar-refractivity contribution in [1.29, 1.82) is 0 Å². The molecule has 0 spiro atoms. The molecule has 1 unspecified atom stereocenters. The Balaban J connectivity index is 1.86. The van der Waals surface area contributed by atoms with Crippen molar-refractivity contribution in [2.45, 2.75) is 19.1 Å². The first-order valence-electron chi connectivity index (χ1n) is 9.27. The van der Waals surface area contributed by atoms with Crippen LogP contribution in [0.3, 0.4) is 0 Å². The van der Waals surface area contributed by atoms with Gasteiger partial charge in [-0.15, -0.1) is 0 Å². The molecular formula is C23H16F3NO4. The Bertz CT molecular complexity index is 1160. The van der Waals surface area contributed by atoms with Gasteiger partial charge in [-0.25, -0.2) is 0 Å². The van der Waals surface area contributed by atoms with Gasteiger partial charge in [-0.05, 0) is 43.3 Å². The summed E-state index contributed by atoms with van der Waals surface area (Å²) in [5, 5.41) is 10.9. The van der Waals surface area contributed by atoms with Gasteiger partial charge < -0.3 is 9.52 Å². The van der Waals surface area contributed by atoms with Gasteiger partial charge >= 0.3 is 6.18 Å². The summed E-state index contributed by atoms with van der Waals surface area (Å²) in [4.78, 5) is 26.8. The zero-order valence-corrected chi connectivity index (χ0v) is 16.2. The van der Waals surface area contributed by atoms with Crippen LogP contribution >= 0.6 is 0 Å². The largest absolute Gasteiger partial charge is 0.507 e. The van der Waals surface area contributed by atoms with Crippen molar-refractivity contribution in [1.82, 2.24) is 0 Å². The number of furan rings is 1. The molecule has 1 amide bonds. The molecule has 1 saturated heterocycles. The molecule has 3 aromatic rings. The van der Waals surface area contributed by atoms with Gasteiger partial charge in [0.25, 0.3) is 11.7 Å².